The van der Waals surface area contributed by atoms with Crippen LogP contribution in [0.3, 0.4) is 0 Å². The molecule has 1 aromatic heterocycles. The second-order valence-electron chi connectivity index (χ2n) is 6.72. The van der Waals surface area contributed by atoms with Crippen LogP contribution in [-0.2, 0) is 11.3 Å². The Morgan fingerprint density at radius 2 is 2.00 bits per heavy atom. The molecule has 0 radical (unpaired) electrons. The Kier molecular flexibility index (Phi) is 6.91. The molecular formula is C18H24N6O4S. The Morgan fingerprint density at radius 1 is 1.28 bits per heavy atom. The number of nitrogens with one attached hydrogen (secondary N) is 1. The third kappa shape index (κ3) is 4.97. The number of nitrogens with zero attached hydrogens (tertiary/aromatic N) is 5. The number of unbranched alkanes of at least 4 members (excludes halogenated alkanes) is 1. The number of rotatable bonds is 8. The lowest BCUT2D eigenvalue weighted by atomic mass is 10.2. The molecule has 0 spiro atoms. The lowest BCUT2D eigenvalue weighted by molar-refractivity contribution is -0.384. The molecule has 1 aromatic carbocycles. The van der Waals surface area contributed by atoms with Crippen molar-refractivity contribution in [2.45, 2.75) is 31.5 Å². The van der Waals surface area contributed by atoms with Crippen LogP contribution < -0.4 is 10.6 Å². The molecular weight excluding hydrogens is 396 g/mol. The van der Waals surface area contributed by atoms with E-state index in [0.29, 0.717) is 43.6 Å². The molecule has 3 rings (SSSR count). The van der Waals surface area contributed by atoms with Gasteiger partial charge in [-0.25, -0.2) is 9.89 Å². The van der Waals surface area contributed by atoms with Gasteiger partial charge in [0.25, 0.3) is 5.69 Å². The Balaban J connectivity index is 1.55. The van der Waals surface area contributed by atoms with Crippen molar-refractivity contribution in [1.29, 1.82) is 0 Å². The van der Waals surface area contributed by atoms with Crippen LogP contribution in [0, 0.1) is 10.1 Å². The number of hydrogen-bond donors (Lipinski definition) is 1. The van der Waals surface area contributed by atoms with Crippen molar-refractivity contribution in [3.05, 3.63) is 44.9 Å². The SMILES string of the molecule is CCCCn1c(SCC(=O)N2CCN(c3ccccc3[N+](=O)[O-])CC2)n[nH]c1=O. The zero-order valence-electron chi connectivity index (χ0n) is 16.2. The van der Waals surface area contributed by atoms with Crippen LogP contribution in [0.25, 0.3) is 0 Å². The first-order chi connectivity index (χ1) is 14.0. The highest BCUT2D eigenvalue weighted by molar-refractivity contribution is 7.99. The predicted molar refractivity (Wildman–Crippen MR) is 110 cm³/mol. The van der Waals surface area contributed by atoms with Gasteiger partial charge >= 0.3 is 5.69 Å². The normalized spacial score (nSPS) is 14.2. The number of aromatic amines is 1. The van der Waals surface area contributed by atoms with Crippen molar-refractivity contribution in [3.8, 4) is 0 Å². The first-order valence-corrected chi connectivity index (χ1v) is 10.5. The average molecular weight is 420 g/mol. The molecule has 1 amide bonds. The number of carbonyl (C=O) groups is 1. The number of aromatic nitrogens is 3. The topological polar surface area (TPSA) is 117 Å². The molecule has 0 unspecified atom stereocenters. The summed E-state index contributed by atoms with van der Waals surface area (Å²) in [6.07, 6.45) is 1.83. The minimum absolute atomic E-state index is 0.0327. The van der Waals surface area contributed by atoms with E-state index in [9.17, 15) is 19.7 Å². The largest absolute Gasteiger partial charge is 0.362 e. The number of thioether (sulfide) groups is 1. The number of hydrogen-bond acceptors (Lipinski definition) is 7. The molecule has 0 bridgehead atoms. The van der Waals surface area contributed by atoms with Crippen molar-refractivity contribution in [2.75, 3.05) is 36.8 Å². The molecule has 156 valence electrons. The van der Waals surface area contributed by atoms with Crippen molar-refractivity contribution in [3.63, 3.8) is 0 Å². The van der Waals surface area contributed by atoms with Crippen LogP contribution >= 0.6 is 11.8 Å². The van der Waals surface area contributed by atoms with Crippen LogP contribution in [0.15, 0.2) is 34.2 Å². The third-order valence-corrected chi connectivity index (χ3v) is 5.80. The van der Waals surface area contributed by atoms with E-state index in [2.05, 4.69) is 10.2 Å². The monoisotopic (exact) mass is 420 g/mol. The summed E-state index contributed by atoms with van der Waals surface area (Å²) in [5.74, 6) is 0.164. The molecule has 10 nitrogen and oxygen atoms in total. The van der Waals surface area contributed by atoms with E-state index >= 15 is 0 Å². The summed E-state index contributed by atoms with van der Waals surface area (Å²) in [4.78, 5) is 38.9. The van der Waals surface area contributed by atoms with Crippen molar-refractivity contribution in [1.82, 2.24) is 19.7 Å². The maximum absolute atomic E-state index is 12.6. The summed E-state index contributed by atoms with van der Waals surface area (Å²) >= 11 is 1.25. The smallest absolute Gasteiger partial charge is 0.343 e. The van der Waals surface area contributed by atoms with Gasteiger partial charge in [-0.1, -0.05) is 37.2 Å². The van der Waals surface area contributed by atoms with E-state index in [1.165, 1.54) is 17.8 Å². The van der Waals surface area contributed by atoms with Gasteiger partial charge < -0.3 is 9.80 Å². The predicted octanol–water partition coefficient (Wildman–Crippen LogP) is 1.72. The Bertz CT molecular complexity index is 919. The highest BCUT2D eigenvalue weighted by Crippen LogP contribution is 2.28. The van der Waals surface area contributed by atoms with Crippen LogP contribution in [0.4, 0.5) is 11.4 Å². The fraction of sp³-hybridized carbons (Fsp3) is 0.500. The first-order valence-electron chi connectivity index (χ1n) is 9.55. The number of benzene rings is 1. The molecule has 29 heavy (non-hydrogen) atoms. The molecule has 1 aliphatic heterocycles. The van der Waals surface area contributed by atoms with Gasteiger partial charge in [0, 0.05) is 38.8 Å². The van der Waals surface area contributed by atoms with Gasteiger partial charge in [-0.15, -0.1) is 5.10 Å². The van der Waals surface area contributed by atoms with Gasteiger partial charge in [0.1, 0.15) is 5.69 Å². The van der Waals surface area contributed by atoms with Crippen LogP contribution in [0.2, 0.25) is 0 Å². The molecule has 2 aromatic rings. The Hall–Kier alpha value is -2.82. The second-order valence-corrected chi connectivity index (χ2v) is 7.66. The number of para-hydroxylation sites is 2. The zero-order chi connectivity index (χ0) is 20.8. The number of H-pyrrole nitrogens is 1. The maximum Gasteiger partial charge on any atom is 0.343 e. The molecule has 2 heterocycles. The fourth-order valence-corrected chi connectivity index (χ4v) is 4.10. The van der Waals surface area contributed by atoms with E-state index in [0.717, 1.165) is 12.8 Å². The summed E-state index contributed by atoms with van der Waals surface area (Å²) in [6.45, 7) is 4.68. The standard InChI is InChI=1S/C18H24N6O4S/c1-2-3-8-23-17(26)19-20-18(23)29-13-16(25)22-11-9-21(10-12-22)14-6-4-5-7-15(14)24(27)28/h4-7H,2-3,8-13H2,1H3,(H,19,26). The van der Waals surface area contributed by atoms with E-state index < -0.39 is 0 Å². The summed E-state index contributed by atoms with van der Waals surface area (Å²) in [5, 5.41) is 18.2. The summed E-state index contributed by atoms with van der Waals surface area (Å²) in [5.41, 5.74) is 0.397. The molecule has 0 aliphatic carbocycles. The number of nitro groups is 1. The Labute approximate surface area is 172 Å². The zero-order valence-corrected chi connectivity index (χ0v) is 17.1. The van der Waals surface area contributed by atoms with Crippen molar-refractivity contribution in [2.24, 2.45) is 0 Å². The van der Waals surface area contributed by atoms with Gasteiger partial charge in [0.2, 0.25) is 5.91 Å². The van der Waals surface area contributed by atoms with Gasteiger partial charge in [-0.05, 0) is 12.5 Å². The van der Waals surface area contributed by atoms with Crippen LogP contribution in [-0.4, -0.2) is 62.4 Å². The van der Waals surface area contributed by atoms with E-state index in [4.69, 9.17) is 0 Å². The lowest BCUT2D eigenvalue weighted by Crippen LogP contribution is -2.49. The van der Waals surface area contributed by atoms with Gasteiger partial charge in [0.05, 0.1) is 10.7 Å². The summed E-state index contributed by atoms with van der Waals surface area (Å²) in [6, 6.07) is 6.65. The molecule has 1 N–H and O–H groups in total. The number of piperazine rings is 1. The molecule has 1 saturated heterocycles. The molecule has 1 fully saturated rings. The van der Waals surface area contributed by atoms with Crippen molar-refractivity contribution < 1.29 is 9.72 Å². The number of nitro benzene ring substituents is 1. The first kappa shape index (κ1) is 20.9. The summed E-state index contributed by atoms with van der Waals surface area (Å²) < 4.78 is 1.56. The fourth-order valence-electron chi connectivity index (χ4n) is 3.23. The minimum Gasteiger partial charge on any atom is -0.362 e. The molecule has 1 aliphatic rings. The van der Waals surface area contributed by atoms with Crippen molar-refractivity contribution >= 4 is 29.0 Å². The molecule has 0 saturated carbocycles. The number of carbonyl (C=O) groups excluding carboxylic acids is 1. The highest BCUT2D eigenvalue weighted by Gasteiger charge is 2.25. The molecule has 11 heteroatoms. The molecule has 0 atom stereocenters. The van der Waals surface area contributed by atoms with E-state index in [1.54, 1.807) is 27.7 Å². The lowest BCUT2D eigenvalue weighted by Gasteiger charge is -2.35. The second kappa shape index (κ2) is 9.59. The summed E-state index contributed by atoms with van der Waals surface area (Å²) in [7, 11) is 0. The van der Waals surface area contributed by atoms with Gasteiger partial charge in [-0.2, -0.15) is 0 Å². The van der Waals surface area contributed by atoms with Crippen LogP contribution in [0.1, 0.15) is 19.8 Å². The average Bonchev–Trinajstić information content (AvgIpc) is 3.09. The maximum atomic E-state index is 12.6. The quantitative estimate of drug-likeness (QED) is 0.392. The highest BCUT2D eigenvalue weighted by atomic mass is 32.2. The third-order valence-electron chi connectivity index (χ3n) is 4.83. The Morgan fingerprint density at radius 3 is 2.69 bits per heavy atom. The van der Waals surface area contributed by atoms with Crippen LogP contribution in [0.5, 0.6) is 0 Å². The van der Waals surface area contributed by atoms with Gasteiger partial charge in [-0.3, -0.25) is 19.5 Å². The van der Waals surface area contributed by atoms with Gasteiger partial charge in [0.15, 0.2) is 5.16 Å². The minimum atomic E-state index is -0.383. The van der Waals surface area contributed by atoms with E-state index in [-0.39, 0.29) is 28.0 Å². The van der Waals surface area contributed by atoms with E-state index in [1.807, 2.05) is 11.8 Å². The number of amides is 1. The number of anilines is 1.